The van der Waals surface area contributed by atoms with Crippen LogP contribution in [0.2, 0.25) is 0 Å². The van der Waals surface area contributed by atoms with Crippen molar-refractivity contribution in [3.05, 3.63) is 53.7 Å². The fourth-order valence-corrected chi connectivity index (χ4v) is 1.82. The van der Waals surface area contributed by atoms with Gasteiger partial charge in [-0.2, -0.15) is 0 Å². The third-order valence-corrected chi connectivity index (χ3v) is 2.85. The first-order valence-electron chi connectivity index (χ1n) is 6.08. The highest BCUT2D eigenvalue weighted by Gasteiger charge is 1.99. The van der Waals surface area contributed by atoms with Gasteiger partial charge in [-0.3, -0.25) is 0 Å². The molecule has 2 aromatic rings. The molecule has 3 heteroatoms. The number of hydrogen-bond acceptors (Lipinski definition) is 3. The van der Waals surface area contributed by atoms with E-state index in [0.717, 1.165) is 24.5 Å². The minimum Gasteiger partial charge on any atom is -0.497 e. The summed E-state index contributed by atoms with van der Waals surface area (Å²) < 4.78 is 5.21. The molecule has 1 aromatic carbocycles. The molecule has 0 radical (unpaired) electrons. The minimum atomic E-state index is 0.866. The molecule has 18 heavy (non-hydrogen) atoms. The standard InChI is InChI=1S/C15H18N2O/c1-12-5-4-9-16-15(12)17-10-8-13-6-3-7-14(11-13)18-2/h3-7,9,11H,8,10H2,1-2H3,(H,16,17). The highest BCUT2D eigenvalue weighted by Crippen LogP contribution is 2.14. The Morgan fingerprint density at radius 3 is 2.89 bits per heavy atom. The summed E-state index contributed by atoms with van der Waals surface area (Å²) in [5, 5.41) is 3.35. The van der Waals surface area contributed by atoms with Crippen LogP contribution in [0.3, 0.4) is 0 Å². The number of rotatable bonds is 5. The number of pyridine rings is 1. The number of hydrogen-bond donors (Lipinski definition) is 1. The average Bonchev–Trinajstić information content (AvgIpc) is 2.41. The van der Waals surface area contributed by atoms with Gasteiger partial charge in [0, 0.05) is 12.7 Å². The van der Waals surface area contributed by atoms with E-state index in [9.17, 15) is 0 Å². The Hall–Kier alpha value is -2.03. The van der Waals surface area contributed by atoms with Crippen LogP contribution < -0.4 is 10.1 Å². The van der Waals surface area contributed by atoms with Crippen LogP contribution in [0.1, 0.15) is 11.1 Å². The highest BCUT2D eigenvalue weighted by atomic mass is 16.5. The molecule has 0 spiro atoms. The van der Waals surface area contributed by atoms with Gasteiger partial charge in [-0.15, -0.1) is 0 Å². The van der Waals surface area contributed by atoms with E-state index in [2.05, 4.69) is 35.4 Å². The van der Waals surface area contributed by atoms with Crippen molar-refractivity contribution in [3.63, 3.8) is 0 Å². The van der Waals surface area contributed by atoms with Crippen molar-refractivity contribution in [2.75, 3.05) is 19.0 Å². The molecule has 0 saturated carbocycles. The number of aromatic nitrogens is 1. The van der Waals surface area contributed by atoms with Crippen LogP contribution in [0, 0.1) is 6.92 Å². The molecule has 0 saturated heterocycles. The van der Waals surface area contributed by atoms with E-state index in [4.69, 9.17) is 4.74 Å². The van der Waals surface area contributed by atoms with Gasteiger partial charge >= 0.3 is 0 Å². The summed E-state index contributed by atoms with van der Waals surface area (Å²) >= 11 is 0. The highest BCUT2D eigenvalue weighted by molar-refractivity contribution is 5.42. The second kappa shape index (κ2) is 6.05. The Morgan fingerprint density at radius 1 is 1.22 bits per heavy atom. The Morgan fingerprint density at radius 2 is 2.11 bits per heavy atom. The van der Waals surface area contributed by atoms with Gasteiger partial charge in [0.2, 0.25) is 0 Å². The molecule has 3 nitrogen and oxygen atoms in total. The van der Waals surface area contributed by atoms with Gasteiger partial charge in [0.1, 0.15) is 11.6 Å². The van der Waals surface area contributed by atoms with Crippen molar-refractivity contribution in [3.8, 4) is 5.75 Å². The zero-order chi connectivity index (χ0) is 12.8. The van der Waals surface area contributed by atoms with Crippen LogP contribution in [0.25, 0.3) is 0 Å². The summed E-state index contributed by atoms with van der Waals surface area (Å²) in [5.74, 6) is 1.86. The van der Waals surface area contributed by atoms with E-state index < -0.39 is 0 Å². The average molecular weight is 242 g/mol. The number of nitrogens with one attached hydrogen (secondary N) is 1. The molecule has 0 amide bonds. The molecular formula is C15H18N2O. The van der Waals surface area contributed by atoms with E-state index in [1.165, 1.54) is 11.1 Å². The molecule has 0 aliphatic carbocycles. The lowest BCUT2D eigenvalue weighted by Crippen LogP contribution is -2.07. The molecular weight excluding hydrogens is 224 g/mol. The third kappa shape index (κ3) is 3.23. The van der Waals surface area contributed by atoms with Crippen molar-refractivity contribution in [2.45, 2.75) is 13.3 Å². The number of anilines is 1. The van der Waals surface area contributed by atoms with Crippen LogP contribution in [-0.4, -0.2) is 18.6 Å². The molecule has 94 valence electrons. The van der Waals surface area contributed by atoms with Crippen LogP contribution in [-0.2, 0) is 6.42 Å². The number of ether oxygens (including phenoxy) is 1. The van der Waals surface area contributed by atoms with Gasteiger partial charge in [-0.05, 0) is 42.7 Å². The van der Waals surface area contributed by atoms with Crippen molar-refractivity contribution in [1.82, 2.24) is 4.98 Å². The van der Waals surface area contributed by atoms with Gasteiger partial charge in [0.05, 0.1) is 7.11 Å². The van der Waals surface area contributed by atoms with Gasteiger partial charge in [-0.25, -0.2) is 4.98 Å². The molecule has 0 aliphatic rings. The van der Waals surface area contributed by atoms with Crippen LogP contribution in [0.4, 0.5) is 5.82 Å². The second-order valence-electron chi connectivity index (χ2n) is 4.20. The van der Waals surface area contributed by atoms with Gasteiger partial charge in [0.15, 0.2) is 0 Å². The third-order valence-electron chi connectivity index (χ3n) is 2.85. The zero-order valence-electron chi connectivity index (χ0n) is 10.8. The van der Waals surface area contributed by atoms with Crippen molar-refractivity contribution < 1.29 is 4.74 Å². The van der Waals surface area contributed by atoms with E-state index in [0.29, 0.717) is 0 Å². The Bertz CT molecular complexity index is 511. The SMILES string of the molecule is COc1cccc(CCNc2ncccc2C)c1. The van der Waals surface area contributed by atoms with E-state index in [-0.39, 0.29) is 0 Å². The fourth-order valence-electron chi connectivity index (χ4n) is 1.82. The maximum atomic E-state index is 5.21. The zero-order valence-corrected chi connectivity index (χ0v) is 10.8. The number of benzene rings is 1. The summed E-state index contributed by atoms with van der Waals surface area (Å²) in [7, 11) is 1.69. The summed E-state index contributed by atoms with van der Waals surface area (Å²) in [5.41, 5.74) is 2.43. The molecule has 0 aliphatic heterocycles. The molecule has 0 bridgehead atoms. The molecule has 0 unspecified atom stereocenters. The predicted molar refractivity (Wildman–Crippen MR) is 74.2 cm³/mol. The Labute approximate surface area is 108 Å². The summed E-state index contributed by atoms with van der Waals surface area (Å²) in [4.78, 5) is 4.31. The van der Waals surface area contributed by atoms with E-state index >= 15 is 0 Å². The molecule has 1 N–H and O–H groups in total. The monoisotopic (exact) mass is 242 g/mol. The lowest BCUT2D eigenvalue weighted by atomic mass is 10.1. The summed E-state index contributed by atoms with van der Waals surface area (Å²) in [6.45, 7) is 2.92. The predicted octanol–water partition coefficient (Wildman–Crippen LogP) is 3.05. The summed E-state index contributed by atoms with van der Waals surface area (Å²) in [6.07, 6.45) is 2.76. The second-order valence-corrected chi connectivity index (χ2v) is 4.20. The maximum Gasteiger partial charge on any atom is 0.128 e. The first-order chi connectivity index (χ1) is 8.79. The normalized spacial score (nSPS) is 10.1. The molecule has 2 rings (SSSR count). The first-order valence-corrected chi connectivity index (χ1v) is 6.08. The topological polar surface area (TPSA) is 34.1 Å². The molecule has 0 atom stereocenters. The smallest absolute Gasteiger partial charge is 0.128 e. The van der Waals surface area contributed by atoms with Crippen molar-refractivity contribution >= 4 is 5.82 Å². The maximum absolute atomic E-state index is 5.21. The fraction of sp³-hybridized carbons (Fsp3) is 0.267. The van der Waals surface area contributed by atoms with Gasteiger partial charge in [0.25, 0.3) is 0 Å². The lowest BCUT2D eigenvalue weighted by molar-refractivity contribution is 0.414. The molecule has 1 aromatic heterocycles. The summed E-state index contributed by atoms with van der Waals surface area (Å²) in [6, 6.07) is 12.1. The van der Waals surface area contributed by atoms with Gasteiger partial charge in [-0.1, -0.05) is 18.2 Å². The first kappa shape index (κ1) is 12.4. The number of aryl methyl sites for hydroxylation is 1. The Balaban J connectivity index is 1.90. The molecule has 1 heterocycles. The number of nitrogens with zero attached hydrogens (tertiary/aromatic N) is 1. The van der Waals surface area contributed by atoms with Crippen LogP contribution in [0.5, 0.6) is 5.75 Å². The Kier molecular flexibility index (Phi) is 4.18. The van der Waals surface area contributed by atoms with Crippen LogP contribution >= 0.6 is 0 Å². The minimum absolute atomic E-state index is 0.866. The van der Waals surface area contributed by atoms with Crippen molar-refractivity contribution in [2.24, 2.45) is 0 Å². The van der Waals surface area contributed by atoms with Gasteiger partial charge < -0.3 is 10.1 Å². The van der Waals surface area contributed by atoms with Crippen LogP contribution in [0.15, 0.2) is 42.6 Å². The lowest BCUT2D eigenvalue weighted by Gasteiger charge is -2.08. The van der Waals surface area contributed by atoms with E-state index in [1.54, 1.807) is 13.3 Å². The van der Waals surface area contributed by atoms with Crippen molar-refractivity contribution in [1.29, 1.82) is 0 Å². The quantitative estimate of drug-likeness (QED) is 0.875. The molecule has 0 fully saturated rings. The van der Waals surface area contributed by atoms with E-state index in [1.807, 2.05) is 18.2 Å². The largest absolute Gasteiger partial charge is 0.497 e. The number of methoxy groups -OCH3 is 1.